The lowest BCUT2D eigenvalue weighted by atomic mass is 9.79. The third-order valence-corrected chi connectivity index (χ3v) is 3.83. The highest BCUT2D eigenvalue weighted by atomic mass is 16.5. The topological polar surface area (TPSA) is 69.0 Å². The normalized spacial score (nSPS) is 12.2. The van der Waals surface area contributed by atoms with Crippen molar-refractivity contribution >= 4 is 17.5 Å². The number of hydrogen-bond acceptors (Lipinski definition) is 5. The van der Waals surface area contributed by atoms with E-state index in [1.54, 1.807) is 4.68 Å². The Bertz CT molecular complexity index is 744. The summed E-state index contributed by atoms with van der Waals surface area (Å²) in [5.41, 5.74) is 2.46. The quantitative estimate of drug-likeness (QED) is 0.671. The Hall–Kier alpha value is -2.37. The van der Waals surface area contributed by atoms with Crippen molar-refractivity contribution in [3.8, 4) is 5.75 Å². The van der Waals surface area contributed by atoms with Crippen molar-refractivity contribution in [2.75, 3.05) is 5.32 Å². The van der Waals surface area contributed by atoms with Gasteiger partial charge in [-0.2, -0.15) is 0 Å². The standard InChI is InChI=1S/C19H28N4O2/c1-12(24)25-17-14(18(2,3)4)9-13(10-15(17)19(5,6)7)20-16-11-23(8)22-21-16/h9-11,20H,1-8H3. The summed E-state index contributed by atoms with van der Waals surface area (Å²) in [5.74, 6) is 1.00. The molecule has 2 rings (SSSR count). The fraction of sp³-hybridized carbons (Fsp3) is 0.526. The van der Waals surface area contributed by atoms with Crippen molar-refractivity contribution in [3.05, 3.63) is 29.5 Å². The van der Waals surface area contributed by atoms with Crippen molar-refractivity contribution < 1.29 is 9.53 Å². The van der Waals surface area contributed by atoms with Crippen LogP contribution < -0.4 is 10.1 Å². The Balaban J connectivity index is 2.65. The van der Waals surface area contributed by atoms with Gasteiger partial charge in [-0.05, 0) is 23.0 Å². The number of hydrogen-bond donors (Lipinski definition) is 1. The van der Waals surface area contributed by atoms with Crippen LogP contribution in [0.15, 0.2) is 18.3 Å². The van der Waals surface area contributed by atoms with Gasteiger partial charge in [0.15, 0.2) is 5.82 Å². The Morgan fingerprint density at radius 3 is 1.96 bits per heavy atom. The largest absolute Gasteiger partial charge is 0.426 e. The first-order valence-corrected chi connectivity index (χ1v) is 8.38. The van der Waals surface area contributed by atoms with E-state index >= 15 is 0 Å². The zero-order valence-corrected chi connectivity index (χ0v) is 16.4. The molecule has 0 fully saturated rings. The number of carbonyl (C=O) groups is 1. The van der Waals surface area contributed by atoms with E-state index in [0.29, 0.717) is 11.6 Å². The van der Waals surface area contributed by atoms with E-state index in [4.69, 9.17) is 4.74 Å². The van der Waals surface area contributed by atoms with Crippen LogP contribution in [0.1, 0.15) is 59.6 Å². The summed E-state index contributed by atoms with van der Waals surface area (Å²) in [6.07, 6.45) is 1.81. The molecule has 6 heteroatoms. The number of ether oxygens (including phenoxy) is 1. The van der Waals surface area contributed by atoms with Crippen LogP contribution in [0.3, 0.4) is 0 Å². The molecule has 0 amide bonds. The van der Waals surface area contributed by atoms with Crippen LogP contribution in [0.4, 0.5) is 11.5 Å². The third-order valence-electron chi connectivity index (χ3n) is 3.83. The van der Waals surface area contributed by atoms with Gasteiger partial charge in [0.1, 0.15) is 5.75 Å². The molecule has 1 aromatic carbocycles. The van der Waals surface area contributed by atoms with Crippen molar-refractivity contribution in [3.63, 3.8) is 0 Å². The monoisotopic (exact) mass is 344 g/mol. The summed E-state index contributed by atoms with van der Waals surface area (Å²) in [4.78, 5) is 11.7. The van der Waals surface area contributed by atoms with Gasteiger partial charge in [0.2, 0.25) is 0 Å². The molecular weight excluding hydrogens is 316 g/mol. The molecular formula is C19H28N4O2. The van der Waals surface area contributed by atoms with Crippen molar-refractivity contribution in [2.24, 2.45) is 7.05 Å². The Morgan fingerprint density at radius 1 is 1.08 bits per heavy atom. The van der Waals surface area contributed by atoms with Crippen molar-refractivity contribution in [2.45, 2.75) is 59.3 Å². The average Bonchev–Trinajstić information content (AvgIpc) is 2.82. The SMILES string of the molecule is CC(=O)Oc1c(C(C)(C)C)cc(Nc2cn(C)nn2)cc1C(C)(C)C. The maximum absolute atomic E-state index is 11.7. The van der Waals surface area contributed by atoms with Crippen molar-refractivity contribution in [1.29, 1.82) is 0 Å². The van der Waals surface area contributed by atoms with Crippen molar-refractivity contribution in [1.82, 2.24) is 15.0 Å². The highest BCUT2D eigenvalue weighted by Gasteiger charge is 2.29. The Kier molecular flexibility index (Phi) is 4.93. The summed E-state index contributed by atoms with van der Waals surface area (Å²) in [6, 6.07) is 4.03. The minimum atomic E-state index is -0.314. The molecule has 0 aliphatic carbocycles. The first-order chi connectivity index (χ1) is 11.4. The second-order valence-corrected chi connectivity index (χ2v) is 8.40. The first kappa shape index (κ1) is 19.0. The summed E-state index contributed by atoms with van der Waals surface area (Å²) in [5, 5.41) is 11.3. The van der Waals surface area contributed by atoms with E-state index in [2.05, 4.69) is 57.2 Å². The molecule has 6 nitrogen and oxygen atoms in total. The third kappa shape index (κ3) is 4.59. The highest BCUT2D eigenvalue weighted by Crippen LogP contribution is 2.42. The summed E-state index contributed by atoms with van der Waals surface area (Å²) in [6.45, 7) is 14.1. The summed E-state index contributed by atoms with van der Waals surface area (Å²) < 4.78 is 7.28. The van der Waals surface area contributed by atoms with Gasteiger partial charge in [-0.25, -0.2) is 0 Å². The number of aryl methyl sites for hydroxylation is 1. The van der Waals surface area contributed by atoms with Gasteiger partial charge in [-0.1, -0.05) is 46.8 Å². The van der Waals surface area contributed by atoms with Gasteiger partial charge >= 0.3 is 5.97 Å². The van der Waals surface area contributed by atoms with E-state index in [-0.39, 0.29) is 16.8 Å². The minimum Gasteiger partial charge on any atom is -0.426 e. The molecule has 0 unspecified atom stereocenters. The highest BCUT2D eigenvalue weighted by molar-refractivity contribution is 5.73. The number of nitrogens with one attached hydrogen (secondary N) is 1. The number of esters is 1. The molecule has 0 bridgehead atoms. The zero-order valence-electron chi connectivity index (χ0n) is 16.4. The van der Waals surface area contributed by atoms with E-state index in [0.717, 1.165) is 16.8 Å². The molecule has 0 aliphatic heterocycles. The fourth-order valence-electron chi connectivity index (χ4n) is 2.62. The van der Waals surface area contributed by atoms with Crippen LogP contribution >= 0.6 is 0 Å². The number of anilines is 2. The van der Waals surface area contributed by atoms with Crippen LogP contribution in [0, 0.1) is 0 Å². The van der Waals surface area contributed by atoms with Gasteiger partial charge in [0.25, 0.3) is 0 Å². The van der Waals surface area contributed by atoms with Gasteiger partial charge in [0, 0.05) is 30.8 Å². The number of aromatic nitrogens is 3. The predicted octanol–water partition coefficient (Wildman–Crippen LogP) is 4.08. The van der Waals surface area contributed by atoms with E-state index in [1.165, 1.54) is 6.92 Å². The fourth-order valence-corrected chi connectivity index (χ4v) is 2.62. The van der Waals surface area contributed by atoms with E-state index in [9.17, 15) is 4.79 Å². The molecule has 0 saturated heterocycles. The van der Waals surface area contributed by atoms with E-state index in [1.807, 2.05) is 25.4 Å². The average molecular weight is 344 g/mol. The molecule has 1 aromatic heterocycles. The van der Waals surface area contributed by atoms with E-state index < -0.39 is 0 Å². The zero-order chi connectivity index (χ0) is 19.0. The second-order valence-electron chi connectivity index (χ2n) is 8.40. The summed E-state index contributed by atoms with van der Waals surface area (Å²) >= 11 is 0. The smallest absolute Gasteiger partial charge is 0.308 e. The lowest BCUT2D eigenvalue weighted by Gasteiger charge is -2.30. The maximum Gasteiger partial charge on any atom is 0.308 e. The number of benzene rings is 1. The van der Waals surface area contributed by atoms with Crippen LogP contribution in [0.25, 0.3) is 0 Å². The van der Waals surface area contributed by atoms with Crippen LogP contribution in [-0.4, -0.2) is 21.0 Å². The number of nitrogens with zero attached hydrogens (tertiary/aromatic N) is 3. The maximum atomic E-state index is 11.7. The number of rotatable bonds is 3. The molecule has 0 aliphatic rings. The molecule has 25 heavy (non-hydrogen) atoms. The molecule has 136 valence electrons. The lowest BCUT2D eigenvalue weighted by molar-refractivity contribution is -0.132. The Morgan fingerprint density at radius 2 is 1.60 bits per heavy atom. The molecule has 2 aromatic rings. The van der Waals surface area contributed by atoms with Crippen LogP contribution in [-0.2, 0) is 22.7 Å². The molecule has 1 N–H and O–H groups in total. The second kappa shape index (κ2) is 6.50. The molecule has 0 atom stereocenters. The Labute approximate surface area is 149 Å². The lowest BCUT2D eigenvalue weighted by Crippen LogP contribution is -2.21. The first-order valence-electron chi connectivity index (χ1n) is 8.38. The molecule has 0 saturated carbocycles. The van der Waals surface area contributed by atoms with Gasteiger partial charge in [0.05, 0.1) is 6.20 Å². The van der Waals surface area contributed by atoms with Crippen LogP contribution in [0.2, 0.25) is 0 Å². The molecule has 1 heterocycles. The van der Waals surface area contributed by atoms with Gasteiger partial charge < -0.3 is 10.1 Å². The minimum absolute atomic E-state index is 0.190. The predicted molar refractivity (Wildman–Crippen MR) is 99.4 cm³/mol. The van der Waals surface area contributed by atoms with Crippen LogP contribution in [0.5, 0.6) is 5.75 Å². The summed E-state index contributed by atoms with van der Waals surface area (Å²) in [7, 11) is 1.82. The van der Waals surface area contributed by atoms with Gasteiger partial charge in [-0.3, -0.25) is 9.48 Å². The molecule has 0 spiro atoms. The van der Waals surface area contributed by atoms with Gasteiger partial charge in [-0.15, -0.1) is 5.10 Å². The number of carbonyl (C=O) groups excluding carboxylic acids is 1. The molecule has 0 radical (unpaired) electrons.